The summed E-state index contributed by atoms with van der Waals surface area (Å²) in [5, 5.41) is 29.5. The van der Waals surface area contributed by atoms with E-state index < -0.39 is 18.0 Å². The molecule has 2 unspecified atom stereocenters. The van der Waals surface area contributed by atoms with E-state index in [9.17, 15) is 14.7 Å². The van der Waals surface area contributed by atoms with Crippen molar-refractivity contribution >= 4 is 11.9 Å². The predicted molar refractivity (Wildman–Crippen MR) is 117 cm³/mol. The molecule has 3 aromatic rings. The van der Waals surface area contributed by atoms with Gasteiger partial charge in [0.05, 0.1) is 17.2 Å². The van der Waals surface area contributed by atoms with Crippen LogP contribution in [0.1, 0.15) is 39.3 Å². The van der Waals surface area contributed by atoms with Crippen LogP contribution < -0.4 is 5.32 Å². The molecule has 0 aliphatic heterocycles. The van der Waals surface area contributed by atoms with Crippen molar-refractivity contribution in [2.24, 2.45) is 0 Å². The molecule has 4 N–H and O–H groups in total. The first-order chi connectivity index (χ1) is 14.4. The third kappa shape index (κ3) is 9.14. The Morgan fingerprint density at radius 1 is 0.700 bits per heavy atom. The molecule has 0 spiro atoms. The van der Waals surface area contributed by atoms with Crippen LogP contribution in [0.25, 0.3) is 0 Å². The van der Waals surface area contributed by atoms with Gasteiger partial charge in [0.15, 0.2) is 0 Å². The lowest BCUT2D eigenvalue weighted by atomic mass is 10.0. The first kappa shape index (κ1) is 24.6. The van der Waals surface area contributed by atoms with Gasteiger partial charge in [-0.25, -0.2) is 9.59 Å². The zero-order chi connectivity index (χ0) is 22.4. The maximum Gasteiger partial charge on any atom is 0.335 e. The fourth-order valence-corrected chi connectivity index (χ4v) is 2.26. The molecule has 0 fully saturated rings. The van der Waals surface area contributed by atoms with Crippen molar-refractivity contribution in [3.05, 3.63) is 108 Å². The SMILES string of the molecule is CNC(C)C(O)c1ccccc1.O=C(O)c1ccccc1.O=C(O)c1ccccc1. The number of carboxylic acid groups (broad SMARTS) is 2. The summed E-state index contributed by atoms with van der Waals surface area (Å²) >= 11 is 0. The van der Waals surface area contributed by atoms with Crippen LogP contribution in [-0.4, -0.2) is 40.3 Å². The van der Waals surface area contributed by atoms with Crippen molar-refractivity contribution in [1.29, 1.82) is 0 Å². The molecule has 0 saturated heterocycles. The molecule has 30 heavy (non-hydrogen) atoms. The topological polar surface area (TPSA) is 107 Å². The highest BCUT2D eigenvalue weighted by Crippen LogP contribution is 2.15. The fraction of sp³-hybridized carbons (Fsp3) is 0.167. The van der Waals surface area contributed by atoms with Crippen molar-refractivity contribution in [2.45, 2.75) is 19.1 Å². The molecule has 2 atom stereocenters. The predicted octanol–water partition coefficient (Wildman–Crippen LogP) is 4.10. The van der Waals surface area contributed by atoms with Crippen LogP contribution in [0.3, 0.4) is 0 Å². The Morgan fingerprint density at radius 3 is 1.30 bits per heavy atom. The van der Waals surface area contributed by atoms with Crippen LogP contribution in [0.4, 0.5) is 0 Å². The largest absolute Gasteiger partial charge is 0.478 e. The van der Waals surface area contributed by atoms with Gasteiger partial charge >= 0.3 is 11.9 Å². The number of hydrogen-bond acceptors (Lipinski definition) is 4. The highest BCUT2D eigenvalue weighted by Gasteiger charge is 2.12. The molecule has 0 aromatic heterocycles. The highest BCUT2D eigenvalue weighted by molar-refractivity contribution is 5.87. The van der Waals surface area contributed by atoms with Crippen molar-refractivity contribution in [3.63, 3.8) is 0 Å². The van der Waals surface area contributed by atoms with Gasteiger partial charge in [0.1, 0.15) is 0 Å². The lowest BCUT2D eigenvalue weighted by Crippen LogP contribution is -2.28. The number of rotatable bonds is 5. The zero-order valence-corrected chi connectivity index (χ0v) is 17.0. The molecule has 0 bridgehead atoms. The molecule has 3 rings (SSSR count). The fourth-order valence-electron chi connectivity index (χ4n) is 2.26. The monoisotopic (exact) mass is 409 g/mol. The Balaban J connectivity index is 0.000000229. The molecular weight excluding hydrogens is 382 g/mol. The van der Waals surface area contributed by atoms with Crippen LogP contribution in [0, 0.1) is 0 Å². The molecule has 158 valence electrons. The summed E-state index contributed by atoms with van der Waals surface area (Å²) in [7, 11) is 1.84. The van der Waals surface area contributed by atoms with E-state index in [0.717, 1.165) is 5.56 Å². The first-order valence-corrected chi connectivity index (χ1v) is 9.33. The van der Waals surface area contributed by atoms with Gasteiger partial charge in [-0.05, 0) is 43.8 Å². The molecule has 3 aromatic carbocycles. The second-order valence-corrected chi connectivity index (χ2v) is 6.28. The van der Waals surface area contributed by atoms with Crippen LogP contribution in [0.5, 0.6) is 0 Å². The highest BCUT2D eigenvalue weighted by atomic mass is 16.4. The molecule has 6 nitrogen and oxygen atoms in total. The summed E-state index contributed by atoms with van der Waals surface area (Å²) in [5.41, 5.74) is 1.62. The van der Waals surface area contributed by atoms with E-state index in [0.29, 0.717) is 11.1 Å². The van der Waals surface area contributed by atoms with E-state index in [-0.39, 0.29) is 6.04 Å². The van der Waals surface area contributed by atoms with Gasteiger partial charge in [-0.2, -0.15) is 0 Å². The molecule has 0 heterocycles. The van der Waals surface area contributed by atoms with Gasteiger partial charge in [-0.15, -0.1) is 0 Å². The normalized spacial score (nSPS) is 11.6. The van der Waals surface area contributed by atoms with Gasteiger partial charge in [0, 0.05) is 6.04 Å². The van der Waals surface area contributed by atoms with Crippen LogP contribution in [0.2, 0.25) is 0 Å². The van der Waals surface area contributed by atoms with E-state index >= 15 is 0 Å². The Labute approximate surface area is 176 Å². The smallest absolute Gasteiger partial charge is 0.335 e. The Kier molecular flexibility index (Phi) is 11.2. The van der Waals surface area contributed by atoms with Crippen molar-refractivity contribution in [3.8, 4) is 0 Å². The summed E-state index contributed by atoms with van der Waals surface area (Å²) in [5.74, 6) is -1.76. The second-order valence-electron chi connectivity index (χ2n) is 6.28. The maximum absolute atomic E-state index is 10.2. The minimum atomic E-state index is -0.879. The van der Waals surface area contributed by atoms with Crippen LogP contribution in [0.15, 0.2) is 91.0 Å². The summed E-state index contributed by atoms with van der Waals surface area (Å²) in [6.07, 6.45) is -0.420. The van der Waals surface area contributed by atoms with E-state index in [2.05, 4.69) is 5.32 Å². The minimum Gasteiger partial charge on any atom is -0.478 e. The molecule has 0 radical (unpaired) electrons. The van der Waals surface area contributed by atoms with E-state index in [1.54, 1.807) is 60.7 Å². The summed E-state index contributed by atoms with van der Waals surface area (Å²) < 4.78 is 0. The van der Waals surface area contributed by atoms with E-state index in [1.165, 1.54) is 0 Å². The average Bonchev–Trinajstić information content (AvgIpc) is 2.80. The summed E-state index contributed by atoms with van der Waals surface area (Å²) in [6, 6.07) is 26.3. The lowest BCUT2D eigenvalue weighted by Gasteiger charge is -2.17. The Morgan fingerprint density at radius 2 is 1.03 bits per heavy atom. The van der Waals surface area contributed by atoms with Crippen molar-refractivity contribution in [2.75, 3.05) is 7.05 Å². The van der Waals surface area contributed by atoms with E-state index in [4.69, 9.17) is 10.2 Å². The Hall–Kier alpha value is -3.48. The second kappa shape index (κ2) is 13.7. The van der Waals surface area contributed by atoms with Gasteiger partial charge in [-0.1, -0.05) is 66.7 Å². The quantitative estimate of drug-likeness (QED) is 0.505. The van der Waals surface area contributed by atoms with Gasteiger partial charge in [0.25, 0.3) is 0 Å². The number of benzene rings is 3. The zero-order valence-electron chi connectivity index (χ0n) is 17.0. The number of hydrogen-bond donors (Lipinski definition) is 4. The van der Waals surface area contributed by atoms with Gasteiger partial charge in [0.2, 0.25) is 0 Å². The van der Waals surface area contributed by atoms with Crippen LogP contribution in [-0.2, 0) is 0 Å². The number of aliphatic hydroxyl groups is 1. The number of carboxylic acids is 2. The van der Waals surface area contributed by atoms with Crippen molar-refractivity contribution < 1.29 is 24.9 Å². The molecule has 0 amide bonds. The van der Waals surface area contributed by atoms with Gasteiger partial charge in [-0.3, -0.25) is 0 Å². The third-order valence-corrected chi connectivity index (χ3v) is 4.11. The molecular formula is C24H27NO5. The van der Waals surface area contributed by atoms with Gasteiger partial charge < -0.3 is 20.6 Å². The Bertz CT molecular complexity index is 820. The third-order valence-electron chi connectivity index (χ3n) is 4.11. The molecule has 6 heteroatoms. The summed E-state index contributed by atoms with van der Waals surface area (Å²) in [6.45, 7) is 1.96. The standard InChI is InChI=1S/C10H15NO.2C7H6O2/c1-8(11-2)10(12)9-6-4-3-5-7-9;2*8-7(9)6-4-2-1-3-5-6/h3-8,10-12H,1-2H3;2*1-5H,(H,8,9). The maximum atomic E-state index is 10.2. The molecule has 0 aliphatic rings. The molecule has 0 saturated carbocycles. The number of aromatic carboxylic acids is 2. The van der Waals surface area contributed by atoms with Crippen LogP contribution >= 0.6 is 0 Å². The number of likely N-dealkylation sites (N-methyl/N-ethyl adjacent to an activating group) is 1. The number of aliphatic hydroxyl groups excluding tert-OH is 1. The van der Waals surface area contributed by atoms with Crippen molar-refractivity contribution in [1.82, 2.24) is 5.32 Å². The van der Waals surface area contributed by atoms with E-state index in [1.807, 2.05) is 44.3 Å². The minimum absolute atomic E-state index is 0.0902. The lowest BCUT2D eigenvalue weighted by molar-refractivity contribution is 0.0686. The molecule has 0 aliphatic carbocycles. The first-order valence-electron chi connectivity index (χ1n) is 9.33. The number of carbonyl (C=O) groups is 2. The summed E-state index contributed by atoms with van der Waals surface area (Å²) in [4.78, 5) is 20.4. The number of nitrogens with one attached hydrogen (secondary N) is 1. The average molecular weight is 409 g/mol.